The third-order valence-corrected chi connectivity index (χ3v) is 4.51. The van der Waals surface area contributed by atoms with Gasteiger partial charge in [0, 0.05) is 19.4 Å². The van der Waals surface area contributed by atoms with E-state index in [-0.39, 0.29) is 11.9 Å². The van der Waals surface area contributed by atoms with Crippen molar-refractivity contribution in [2.75, 3.05) is 13.1 Å². The Labute approximate surface area is 125 Å². The van der Waals surface area contributed by atoms with Gasteiger partial charge in [0.15, 0.2) is 5.82 Å². The van der Waals surface area contributed by atoms with Crippen molar-refractivity contribution in [1.82, 2.24) is 25.4 Å². The van der Waals surface area contributed by atoms with Crippen molar-refractivity contribution < 1.29 is 4.79 Å². The number of hydrogen-bond donors (Lipinski definition) is 2. The molecule has 1 aromatic rings. The van der Waals surface area contributed by atoms with Crippen molar-refractivity contribution in [3.63, 3.8) is 0 Å². The number of nitrogens with one attached hydrogen (secondary N) is 2. The Hall–Kier alpha value is -1.43. The lowest BCUT2D eigenvalue weighted by molar-refractivity contribution is -0.122. The van der Waals surface area contributed by atoms with Crippen molar-refractivity contribution in [2.45, 2.75) is 58.0 Å². The summed E-state index contributed by atoms with van der Waals surface area (Å²) in [6.45, 7) is 5.13. The molecule has 3 heterocycles. The number of amides is 1. The van der Waals surface area contributed by atoms with Gasteiger partial charge >= 0.3 is 0 Å². The van der Waals surface area contributed by atoms with Gasteiger partial charge in [-0.1, -0.05) is 6.92 Å². The Morgan fingerprint density at radius 2 is 2.38 bits per heavy atom. The molecule has 2 unspecified atom stereocenters. The lowest BCUT2D eigenvalue weighted by atomic mass is 10.0. The van der Waals surface area contributed by atoms with E-state index in [2.05, 4.69) is 27.6 Å². The molecule has 2 N–H and O–H groups in total. The van der Waals surface area contributed by atoms with Gasteiger partial charge in [-0.3, -0.25) is 4.79 Å². The van der Waals surface area contributed by atoms with Crippen LogP contribution in [0, 0.1) is 5.92 Å². The Bertz CT molecular complexity index is 492. The Morgan fingerprint density at radius 3 is 3.14 bits per heavy atom. The first-order chi connectivity index (χ1) is 10.3. The summed E-state index contributed by atoms with van der Waals surface area (Å²) in [7, 11) is 0. The average Bonchev–Trinajstić information content (AvgIpc) is 3.14. The number of hydrogen-bond acceptors (Lipinski definition) is 4. The third-order valence-electron chi connectivity index (χ3n) is 4.51. The van der Waals surface area contributed by atoms with Gasteiger partial charge in [-0.05, 0) is 44.7 Å². The second-order valence-electron chi connectivity index (χ2n) is 6.12. The Kier molecular flexibility index (Phi) is 4.53. The summed E-state index contributed by atoms with van der Waals surface area (Å²) in [6.07, 6.45) is 5.67. The van der Waals surface area contributed by atoms with Gasteiger partial charge in [-0.15, -0.1) is 0 Å². The molecule has 6 heteroatoms. The van der Waals surface area contributed by atoms with Crippen molar-refractivity contribution >= 4 is 5.91 Å². The quantitative estimate of drug-likeness (QED) is 0.854. The summed E-state index contributed by atoms with van der Waals surface area (Å²) in [5.41, 5.74) is 0. The number of carbonyl (C=O) groups is 1. The number of fused-ring (bicyclic) bond motifs is 1. The molecular weight excluding hydrogens is 266 g/mol. The number of carbonyl (C=O) groups excluding carboxylic acids is 1. The molecule has 2 atom stereocenters. The highest BCUT2D eigenvalue weighted by Crippen LogP contribution is 2.23. The van der Waals surface area contributed by atoms with Gasteiger partial charge in [0.1, 0.15) is 5.82 Å². The molecule has 0 spiro atoms. The van der Waals surface area contributed by atoms with Crippen LogP contribution in [0.1, 0.15) is 56.7 Å². The summed E-state index contributed by atoms with van der Waals surface area (Å²) in [6, 6.07) is 0.0424. The van der Waals surface area contributed by atoms with Crippen LogP contribution in [0.5, 0.6) is 0 Å². The predicted molar refractivity (Wildman–Crippen MR) is 79.7 cm³/mol. The number of rotatable bonds is 5. The van der Waals surface area contributed by atoms with Crippen molar-refractivity contribution in [2.24, 2.45) is 5.92 Å². The minimum atomic E-state index is 0.0424. The van der Waals surface area contributed by atoms with E-state index in [1.54, 1.807) is 0 Å². The van der Waals surface area contributed by atoms with E-state index in [0.717, 1.165) is 57.0 Å². The second kappa shape index (κ2) is 6.56. The average molecular weight is 291 g/mol. The smallest absolute Gasteiger partial charge is 0.220 e. The lowest BCUT2D eigenvalue weighted by Crippen LogP contribution is -2.33. The molecular formula is C15H25N5O. The van der Waals surface area contributed by atoms with Gasteiger partial charge in [0.05, 0.1) is 6.04 Å². The zero-order chi connectivity index (χ0) is 14.7. The molecule has 21 heavy (non-hydrogen) atoms. The molecule has 6 nitrogen and oxygen atoms in total. The van der Waals surface area contributed by atoms with Crippen molar-refractivity contribution in [3.05, 3.63) is 11.6 Å². The van der Waals surface area contributed by atoms with E-state index in [9.17, 15) is 4.79 Å². The van der Waals surface area contributed by atoms with Gasteiger partial charge in [-0.25, -0.2) is 9.67 Å². The number of aryl methyl sites for hydroxylation is 2. The van der Waals surface area contributed by atoms with E-state index in [4.69, 9.17) is 0 Å². The van der Waals surface area contributed by atoms with Crippen LogP contribution < -0.4 is 10.6 Å². The second-order valence-corrected chi connectivity index (χ2v) is 6.12. The molecule has 0 radical (unpaired) electrons. The monoisotopic (exact) mass is 291 g/mol. The molecule has 0 aliphatic carbocycles. The topological polar surface area (TPSA) is 71.8 Å². The van der Waals surface area contributed by atoms with Crippen LogP contribution in [0.2, 0.25) is 0 Å². The molecule has 1 aromatic heterocycles. The van der Waals surface area contributed by atoms with Crippen LogP contribution in [-0.2, 0) is 17.8 Å². The maximum atomic E-state index is 12.2. The van der Waals surface area contributed by atoms with Crippen LogP contribution >= 0.6 is 0 Å². The van der Waals surface area contributed by atoms with Crippen molar-refractivity contribution in [1.29, 1.82) is 0 Å². The fraction of sp³-hybridized carbons (Fsp3) is 0.800. The fourth-order valence-electron chi connectivity index (χ4n) is 3.25. The molecule has 1 saturated heterocycles. The first-order valence-corrected chi connectivity index (χ1v) is 8.20. The zero-order valence-corrected chi connectivity index (χ0v) is 12.8. The van der Waals surface area contributed by atoms with Gasteiger partial charge < -0.3 is 10.6 Å². The van der Waals surface area contributed by atoms with E-state index < -0.39 is 0 Å². The molecule has 0 bridgehead atoms. The largest absolute Gasteiger partial charge is 0.346 e. The maximum absolute atomic E-state index is 12.2. The molecule has 2 aliphatic rings. The molecule has 2 aliphatic heterocycles. The van der Waals surface area contributed by atoms with Crippen LogP contribution in [0.25, 0.3) is 0 Å². The molecule has 116 valence electrons. The van der Waals surface area contributed by atoms with E-state index in [0.29, 0.717) is 12.3 Å². The molecule has 0 aromatic carbocycles. The normalized spacial score (nSPS) is 24.8. The van der Waals surface area contributed by atoms with Crippen LogP contribution in [0.3, 0.4) is 0 Å². The van der Waals surface area contributed by atoms with E-state index in [1.807, 2.05) is 4.68 Å². The lowest BCUT2D eigenvalue weighted by Gasteiger charge is -2.23. The first kappa shape index (κ1) is 14.5. The summed E-state index contributed by atoms with van der Waals surface area (Å²) in [5, 5.41) is 11.0. The number of aromatic nitrogens is 3. The van der Waals surface area contributed by atoms with Crippen LogP contribution in [0.4, 0.5) is 0 Å². The standard InChI is InChI=1S/C15H25N5O/c1-2-13-18-15-12(4-3-9-20(15)19-13)17-14(21)6-5-11-7-8-16-10-11/h11-12,16H,2-10H2,1H3,(H,17,21). The maximum Gasteiger partial charge on any atom is 0.220 e. The van der Waals surface area contributed by atoms with E-state index in [1.165, 1.54) is 6.42 Å². The SMILES string of the molecule is CCc1nc2n(n1)CCCC2NC(=O)CCC1CCNC1. The van der Waals surface area contributed by atoms with Gasteiger partial charge in [0.25, 0.3) is 0 Å². The predicted octanol–water partition coefficient (Wildman–Crippen LogP) is 1.18. The third kappa shape index (κ3) is 3.43. The van der Waals surface area contributed by atoms with E-state index >= 15 is 0 Å². The molecule has 0 saturated carbocycles. The minimum absolute atomic E-state index is 0.0424. The molecule has 1 amide bonds. The molecule has 1 fully saturated rings. The van der Waals surface area contributed by atoms with Crippen LogP contribution in [-0.4, -0.2) is 33.8 Å². The zero-order valence-electron chi connectivity index (χ0n) is 12.8. The highest BCUT2D eigenvalue weighted by Gasteiger charge is 2.25. The summed E-state index contributed by atoms with van der Waals surface area (Å²) < 4.78 is 1.97. The summed E-state index contributed by atoms with van der Waals surface area (Å²) in [5.74, 6) is 2.64. The summed E-state index contributed by atoms with van der Waals surface area (Å²) in [4.78, 5) is 16.7. The first-order valence-electron chi connectivity index (χ1n) is 8.20. The summed E-state index contributed by atoms with van der Waals surface area (Å²) >= 11 is 0. The highest BCUT2D eigenvalue weighted by molar-refractivity contribution is 5.76. The Morgan fingerprint density at radius 1 is 1.48 bits per heavy atom. The Balaban J connectivity index is 1.55. The minimum Gasteiger partial charge on any atom is -0.346 e. The fourth-order valence-corrected chi connectivity index (χ4v) is 3.25. The van der Waals surface area contributed by atoms with Gasteiger partial charge in [0.2, 0.25) is 5.91 Å². The van der Waals surface area contributed by atoms with Crippen LogP contribution in [0.15, 0.2) is 0 Å². The van der Waals surface area contributed by atoms with Crippen molar-refractivity contribution in [3.8, 4) is 0 Å². The highest BCUT2D eigenvalue weighted by atomic mass is 16.1. The van der Waals surface area contributed by atoms with Gasteiger partial charge in [-0.2, -0.15) is 5.10 Å². The number of nitrogens with zero attached hydrogens (tertiary/aromatic N) is 3. The molecule has 3 rings (SSSR count).